The molecule has 5 N–H and O–H groups in total. The van der Waals surface area contributed by atoms with Crippen molar-refractivity contribution in [1.29, 1.82) is 0 Å². The van der Waals surface area contributed by atoms with Gasteiger partial charge >= 0.3 is 0 Å². The Kier molecular flexibility index (Phi) is 10.3. The van der Waals surface area contributed by atoms with E-state index in [0.29, 0.717) is 70.5 Å². The molecule has 1 heterocycles. The average Bonchev–Trinajstić information content (AvgIpc) is 2.73. The van der Waals surface area contributed by atoms with Crippen LogP contribution in [0.4, 0.5) is 17.8 Å². The highest BCUT2D eigenvalue weighted by Crippen LogP contribution is 2.10. The van der Waals surface area contributed by atoms with Crippen LogP contribution in [0.5, 0.6) is 0 Å². The maximum absolute atomic E-state index is 5.49. The molecule has 2 aromatic rings. The van der Waals surface area contributed by atoms with Gasteiger partial charge in [0.1, 0.15) is 0 Å². The van der Waals surface area contributed by atoms with Crippen molar-refractivity contribution in [3.05, 3.63) is 48.6 Å². The first-order valence-electron chi connectivity index (χ1n) is 9.30. The lowest BCUT2D eigenvalue weighted by atomic mass is 10.2. The fraction of sp³-hybridized carbons (Fsp3) is 0.421. The van der Waals surface area contributed by atoms with Crippen LogP contribution in [-0.4, -0.2) is 61.0 Å². The second-order valence-electron chi connectivity index (χ2n) is 5.76. The van der Waals surface area contributed by atoms with Gasteiger partial charge in [0, 0.05) is 26.2 Å². The van der Waals surface area contributed by atoms with Crippen LogP contribution >= 0.6 is 0 Å². The van der Waals surface area contributed by atoms with E-state index in [-0.39, 0.29) is 0 Å². The quantitative estimate of drug-likeness (QED) is 0.266. The van der Waals surface area contributed by atoms with Crippen LogP contribution in [0.3, 0.4) is 0 Å². The predicted octanol–water partition coefficient (Wildman–Crippen LogP) is 1.49. The Balaban J connectivity index is 1.84. The number of rotatable bonds is 15. The van der Waals surface area contributed by atoms with Gasteiger partial charge in [0.25, 0.3) is 0 Å². The molecule has 0 aliphatic heterocycles. The molecule has 0 radical (unpaired) electrons. The summed E-state index contributed by atoms with van der Waals surface area (Å²) in [5.74, 6) is 1.44. The molecule has 0 amide bonds. The number of nitrogens with zero attached hydrogens (tertiary/aromatic N) is 3. The molecule has 9 heteroatoms. The summed E-state index contributed by atoms with van der Waals surface area (Å²) in [6, 6.07) is 10.1. The number of nitrogens with two attached hydrogens (primary N) is 1. The molecule has 2 rings (SSSR count). The largest absolute Gasteiger partial charge is 0.378 e. The molecule has 0 atom stereocenters. The van der Waals surface area contributed by atoms with Gasteiger partial charge in [0.2, 0.25) is 17.8 Å². The molecule has 152 valence electrons. The van der Waals surface area contributed by atoms with Gasteiger partial charge in [0.15, 0.2) is 0 Å². The zero-order valence-corrected chi connectivity index (χ0v) is 16.1. The van der Waals surface area contributed by atoms with Gasteiger partial charge in [-0.25, -0.2) is 0 Å². The van der Waals surface area contributed by atoms with E-state index in [2.05, 4.69) is 37.5 Å². The van der Waals surface area contributed by atoms with E-state index in [1.807, 2.05) is 30.3 Å². The highest BCUT2D eigenvalue weighted by molar-refractivity contribution is 5.42. The predicted molar refractivity (Wildman–Crippen MR) is 111 cm³/mol. The molecule has 1 aromatic heterocycles. The Morgan fingerprint density at radius 2 is 1.50 bits per heavy atom. The highest BCUT2D eigenvalue weighted by Gasteiger charge is 2.06. The number of nitrogens with one attached hydrogen (secondary N) is 3. The maximum Gasteiger partial charge on any atom is 0.229 e. The Bertz CT molecular complexity index is 685. The van der Waals surface area contributed by atoms with Crippen molar-refractivity contribution < 1.29 is 9.47 Å². The molecule has 0 fully saturated rings. The summed E-state index contributed by atoms with van der Waals surface area (Å²) in [4.78, 5) is 13.2. The lowest BCUT2D eigenvalue weighted by Crippen LogP contribution is -2.17. The zero-order valence-electron chi connectivity index (χ0n) is 16.1. The number of hydrogen-bond acceptors (Lipinski definition) is 9. The van der Waals surface area contributed by atoms with Gasteiger partial charge in [-0.2, -0.15) is 15.0 Å². The minimum atomic E-state index is 0.472. The smallest absolute Gasteiger partial charge is 0.229 e. The van der Waals surface area contributed by atoms with Crippen molar-refractivity contribution in [1.82, 2.24) is 15.0 Å². The topological polar surface area (TPSA) is 119 Å². The minimum absolute atomic E-state index is 0.472. The third-order valence-electron chi connectivity index (χ3n) is 3.50. The van der Waals surface area contributed by atoms with Gasteiger partial charge in [-0.15, -0.1) is 6.58 Å². The third kappa shape index (κ3) is 8.76. The van der Waals surface area contributed by atoms with Crippen LogP contribution in [0.1, 0.15) is 5.56 Å². The van der Waals surface area contributed by atoms with Crippen molar-refractivity contribution in [2.24, 2.45) is 5.73 Å². The SMILES string of the molecule is C=CCNc1nc(NCCOCCOCCN)nc(NCc2ccccc2)n1. The highest BCUT2D eigenvalue weighted by atomic mass is 16.5. The van der Waals surface area contributed by atoms with E-state index in [0.717, 1.165) is 5.56 Å². The number of benzene rings is 1. The molecule has 0 bridgehead atoms. The van der Waals surface area contributed by atoms with E-state index in [1.165, 1.54) is 0 Å². The van der Waals surface area contributed by atoms with E-state index in [1.54, 1.807) is 6.08 Å². The van der Waals surface area contributed by atoms with Crippen LogP contribution in [0.25, 0.3) is 0 Å². The third-order valence-corrected chi connectivity index (χ3v) is 3.50. The van der Waals surface area contributed by atoms with Crippen LogP contribution in [0.2, 0.25) is 0 Å². The second-order valence-corrected chi connectivity index (χ2v) is 5.76. The van der Waals surface area contributed by atoms with E-state index in [4.69, 9.17) is 15.2 Å². The van der Waals surface area contributed by atoms with Gasteiger partial charge in [-0.05, 0) is 5.56 Å². The van der Waals surface area contributed by atoms with Crippen molar-refractivity contribution >= 4 is 17.8 Å². The van der Waals surface area contributed by atoms with Gasteiger partial charge in [0.05, 0.1) is 26.4 Å². The van der Waals surface area contributed by atoms with Crippen LogP contribution in [-0.2, 0) is 16.0 Å². The molecule has 9 nitrogen and oxygen atoms in total. The summed E-state index contributed by atoms with van der Waals surface area (Å²) >= 11 is 0. The van der Waals surface area contributed by atoms with Crippen molar-refractivity contribution in [3.8, 4) is 0 Å². The first kappa shape index (κ1) is 21.5. The Morgan fingerprint density at radius 3 is 2.18 bits per heavy atom. The first-order chi connectivity index (χ1) is 13.8. The summed E-state index contributed by atoms with van der Waals surface area (Å²) in [6.07, 6.45) is 1.74. The minimum Gasteiger partial charge on any atom is -0.378 e. The number of hydrogen-bond donors (Lipinski definition) is 4. The molecule has 0 aliphatic carbocycles. The fourth-order valence-corrected chi connectivity index (χ4v) is 2.19. The van der Waals surface area contributed by atoms with Crippen LogP contribution in [0.15, 0.2) is 43.0 Å². The van der Waals surface area contributed by atoms with Gasteiger partial charge < -0.3 is 31.2 Å². The molecular weight excluding hydrogens is 358 g/mol. The molecule has 0 saturated heterocycles. The van der Waals surface area contributed by atoms with Crippen molar-refractivity contribution in [2.75, 3.05) is 62.0 Å². The molecule has 0 unspecified atom stereocenters. The number of anilines is 3. The number of aromatic nitrogens is 3. The fourth-order valence-electron chi connectivity index (χ4n) is 2.19. The summed E-state index contributed by atoms with van der Waals surface area (Å²) in [7, 11) is 0. The van der Waals surface area contributed by atoms with E-state index < -0.39 is 0 Å². The van der Waals surface area contributed by atoms with Gasteiger partial charge in [-0.3, -0.25) is 0 Å². The summed E-state index contributed by atoms with van der Waals surface area (Å²) in [5, 5.41) is 9.46. The molecule has 0 spiro atoms. The monoisotopic (exact) mass is 387 g/mol. The standard InChI is InChI=1S/C19H29N7O2/c1-2-9-21-17-24-18(22-10-12-28-14-13-27-11-8-20)26-19(25-17)23-15-16-6-4-3-5-7-16/h2-7H,1,8-15,20H2,(H3,21,22,23,24,25,26). The molecule has 0 aliphatic rings. The summed E-state index contributed by atoms with van der Waals surface area (Å²) in [5.41, 5.74) is 6.50. The average molecular weight is 387 g/mol. The Hall–Kier alpha value is -2.75. The summed E-state index contributed by atoms with van der Waals surface area (Å²) in [6.45, 7) is 8.08. The normalized spacial score (nSPS) is 10.5. The lowest BCUT2D eigenvalue weighted by Gasteiger charge is -2.11. The van der Waals surface area contributed by atoms with Crippen LogP contribution in [0, 0.1) is 0 Å². The Morgan fingerprint density at radius 1 is 0.857 bits per heavy atom. The van der Waals surface area contributed by atoms with Crippen molar-refractivity contribution in [3.63, 3.8) is 0 Å². The molecule has 0 saturated carbocycles. The Labute approximate surface area is 165 Å². The lowest BCUT2D eigenvalue weighted by molar-refractivity contribution is 0.0547. The van der Waals surface area contributed by atoms with Crippen molar-refractivity contribution in [2.45, 2.75) is 6.54 Å². The van der Waals surface area contributed by atoms with E-state index in [9.17, 15) is 0 Å². The molecule has 1 aromatic carbocycles. The zero-order chi connectivity index (χ0) is 19.9. The molecular formula is C19H29N7O2. The first-order valence-corrected chi connectivity index (χ1v) is 9.30. The maximum atomic E-state index is 5.49. The van der Waals surface area contributed by atoms with Gasteiger partial charge in [-0.1, -0.05) is 36.4 Å². The number of ether oxygens (including phenoxy) is 2. The second kappa shape index (κ2) is 13.4. The van der Waals surface area contributed by atoms with Crippen LogP contribution < -0.4 is 21.7 Å². The van der Waals surface area contributed by atoms with E-state index >= 15 is 0 Å². The molecule has 28 heavy (non-hydrogen) atoms. The summed E-state index contributed by atoms with van der Waals surface area (Å²) < 4.78 is 10.7.